The molecule has 0 fully saturated rings. The fraction of sp³-hybridized carbons (Fsp3) is 0.0952. The number of hydrogen-bond donors (Lipinski definition) is 2. The summed E-state index contributed by atoms with van der Waals surface area (Å²) in [6, 6.07) is 17.6. The van der Waals surface area contributed by atoms with Crippen LogP contribution in [0.3, 0.4) is 0 Å². The molecule has 1 amide bonds. The summed E-state index contributed by atoms with van der Waals surface area (Å²) < 4.78 is 4.78. The lowest BCUT2D eigenvalue weighted by Crippen LogP contribution is -2.23. The number of esters is 1. The van der Waals surface area contributed by atoms with Crippen molar-refractivity contribution in [1.29, 1.82) is 0 Å². The van der Waals surface area contributed by atoms with E-state index in [1.807, 2.05) is 12.1 Å². The number of nitrogens with zero attached hydrogens (tertiary/aromatic N) is 1. The minimum Gasteiger partial charge on any atom is -0.465 e. The van der Waals surface area contributed by atoms with Crippen molar-refractivity contribution in [1.82, 2.24) is 10.3 Å². The molecular weight excluding hydrogens is 378 g/mol. The third-order valence-corrected chi connectivity index (χ3v) is 4.23. The van der Waals surface area contributed by atoms with Crippen LogP contribution in [0.5, 0.6) is 0 Å². The molecule has 0 atom stereocenters. The van der Waals surface area contributed by atoms with Crippen LogP contribution < -0.4 is 10.6 Å². The number of pyridine rings is 1. The highest BCUT2D eigenvalue weighted by Crippen LogP contribution is 2.21. The van der Waals surface area contributed by atoms with E-state index in [1.165, 1.54) is 13.3 Å². The predicted molar refractivity (Wildman–Crippen MR) is 108 cm³/mol. The number of anilines is 2. The lowest BCUT2D eigenvalue weighted by molar-refractivity contribution is 0.0601. The van der Waals surface area contributed by atoms with Crippen molar-refractivity contribution in [2.75, 3.05) is 12.4 Å². The van der Waals surface area contributed by atoms with Crippen LogP contribution in [0.15, 0.2) is 66.9 Å². The summed E-state index contributed by atoms with van der Waals surface area (Å²) in [4.78, 5) is 28.3. The van der Waals surface area contributed by atoms with E-state index >= 15 is 0 Å². The van der Waals surface area contributed by atoms with Crippen molar-refractivity contribution < 1.29 is 14.3 Å². The number of hydrogen-bond acceptors (Lipinski definition) is 5. The maximum Gasteiger partial charge on any atom is 0.339 e. The van der Waals surface area contributed by atoms with Crippen molar-refractivity contribution in [3.8, 4) is 0 Å². The molecule has 6 nitrogen and oxygen atoms in total. The molecule has 28 heavy (non-hydrogen) atoms. The number of amides is 1. The number of nitrogens with one attached hydrogen (secondary N) is 2. The molecule has 3 aromatic rings. The molecule has 0 spiro atoms. The second kappa shape index (κ2) is 9.01. The zero-order chi connectivity index (χ0) is 19.9. The van der Waals surface area contributed by atoms with Crippen LogP contribution >= 0.6 is 11.6 Å². The van der Waals surface area contributed by atoms with Crippen LogP contribution in [0.4, 0.5) is 11.4 Å². The van der Waals surface area contributed by atoms with Crippen LogP contribution in [0.2, 0.25) is 5.02 Å². The van der Waals surface area contributed by atoms with Gasteiger partial charge in [0.05, 0.1) is 30.2 Å². The molecule has 0 unspecified atom stereocenters. The van der Waals surface area contributed by atoms with Gasteiger partial charge in [-0.3, -0.25) is 4.79 Å². The third-order valence-electron chi connectivity index (χ3n) is 3.97. The summed E-state index contributed by atoms with van der Waals surface area (Å²) in [6.45, 7) is 0.379. The standard InChI is InChI=1S/C21H18ClN3O3/c1-28-21(27)17-4-2-3-5-18(17)25-16-10-11-19(23-13-16)20(26)24-12-14-6-8-15(22)9-7-14/h2-11,13,25H,12H2,1H3,(H,24,26). The maximum atomic E-state index is 12.3. The van der Waals surface area contributed by atoms with E-state index in [2.05, 4.69) is 15.6 Å². The zero-order valence-electron chi connectivity index (χ0n) is 15.1. The van der Waals surface area contributed by atoms with E-state index < -0.39 is 5.97 Å². The minimum atomic E-state index is -0.436. The van der Waals surface area contributed by atoms with Crippen LogP contribution in [0.1, 0.15) is 26.4 Å². The highest BCUT2D eigenvalue weighted by Gasteiger charge is 2.12. The van der Waals surface area contributed by atoms with Crippen LogP contribution in [0, 0.1) is 0 Å². The average Bonchev–Trinajstić information content (AvgIpc) is 2.73. The monoisotopic (exact) mass is 395 g/mol. The first-order valence-electron chi connectivity index (χ1n) is 8.50. The van der Waals surface area contributed by atoms with E-state index in [-0.39, 0.29) is 5.91 Å². The van der Waals surface area contributed by atoms with Crippen molar-refractivity contribution in [3.05, 3.63) is 88.7 Å². The van der Waals surface area contributed by atoms with Gasteiger partial charge in [0.15, 0.2) is 0 Å². The Kier molecular flexibility index (Phi) is 6.24. The Hall–Kier alpha value is -3.38. The molecule has 7 heteroatoms. The van der Waals surface area contributed by atoms with E-state index in [1.54, 1.807) is 48.5 Å². The first-order valence-corrected chi connectivity index (χ1v) is 8.87. The maximum absolute atomic E-state index is 12.3. The lowest BCUT2D eigenvalue weighted by Gasteiger charge is -2.11. The van der Waals surface area contributed by atoms with Crippen LogP contribution in [-0.4, -0.2) is 24.0 Å². The fourth-order valence-corrected chi connectivity index (χ4v) is 2.64. The number of carbonyl (C=O) groups is 2. The van der Waals surface area contributed by atoms with Crippen molar-refractivity contribution in [3.63, 3.8) is 0 Å². The van der Waals surface area contributed by atoms with Gasteiger partial charge < -0.3 is 15.4 Å². The predicted octanol–water partition coefficient (Wildman–Crippen LogP) is 4.20. The highest BCUT2D eigenvalue weighted by molar-refractivity contribution is 6.30. The largest absolute Gasteiger partial charge is 0.465 e. The average molecular weight is 396 g/mol. The molecule has 2 aromatic carbocycles. The normalized spacial score (nSPS) is 10.2. The molecular formula is C21H18ClN3O3. The van der Waals surface area contributed by atoms with Gasteiger partial charge >= 0.3 is 5.97 Å². The van der Waals surface area contributed by atoms with Gasteiger partial charge in [0.25, 0.3) is 5.91 Å². The molecule has 0 aliphatic carbocycles. The molecule has 0 saturated carbocycles. The second-order valence-corrected chi connectivity index (χ2v) is 6.34. The summed E-state index contributed by atoms with van der Waals surface area (Å²) in [6.07, 6.45) is 1.53. The van der Waals surface area contributed by atoms with E-state index in [4.69, 9.17) is 16.3 Å². The Bertz CT molecular complexity index is 973. The molecule has 0 radical (unpaired) electrons. The molecule has 0 bridgehead atoms. The summed E-state index contributed by atoms with van der Waals surface area (Å²) >= 11 is 5.85. The smallest absolute Gasteiger partial charge is 0.339 e. The molecule has 0 aliphatic heterocycles. The minimum absolute atomic E-state index is 0.281. The fourth-order valence-electron chi connectivity index (χ4n) is 2.51. The topological polar surface area (TPSA) is 80.3 Å². The van der Waals surface area contributed by atoms with E-state index in [9.17, 15) is 9.59 Å². The Morgan fingerprint density at radius 1 is 1.04 bits per heavy atom. The number of methoxy groups -OCH3 is 1. The van der Waals surface area contributed by atoms with Crippen molar-refractivity contribution in [2.24, 2.45) is 0 Å². The van der Waals surface area contributed by atoms with Gasteiger partial charge in [0.1, 0.15) is 5.69 Å². The molecule has 0 aliphatic rings. The number of halogens is 1. The molecule has 142 valence electrons. The van der Waals surface area contributed by atoms with Gasteiger partial charge in [-0.15, -0.1) is 0 Å². The number of aromatic nitrogens is 1. The number of ether oxygens (including phenoxy) is 1. The van der Waals surface area contributed by atoms with E-state index in [0.29, 0.717) is 34.2 Å². The van der Waals surface area contributed by atoms with Gasteiger partial charge in [0.2, 0.25) is 0 Å². The van der Waals surface area contributed by atoms with Gasteiger partial charge in [-0.1, -0.05) is 35.9 Å². The SMILES string of the molecule is COC(=O)c1ccccc1Nc1ccc(C(=O)NCc2ccc(Cl)cc2)nc1. The molecule has 2 N–H and O–H groups in total. The first-order chi connectivity index (χ1) is 13.6. The van der Waals surface area contributed by atoms with Gasteiger partial charge in [-0.25, -0.2) is 9.78 Å². The summed E-state index contributed by atoms with van der Waals surface area (Å²) in [5.74, 6) is -0.717. The molecule has 3 rings (SSSR count). The number of rotatable bonds is 6. The Balaban J connectivity index is 1.64. The number of carbonyl (C=O) groups excluding carboxylic acids is 2. The Morgan fingerprint density at radius 2 is 1.79 bits per heavy atom. The molecule has 0 saturated heterocycles. The van der Waals surface area contributed by atoms with Gasteiger partial charge in [-0.2, -0.15) is 0 Å². The Labute approximate surface area is 167 Å². The van der Waals surface area contributed by atoms with Crippen molar-refractivity contribution >= 4 is 34.9 Å². The summed E-state index contributed by atoms with van der Waals surface area (Å²) in [5, 5.41) is 6.57. The molecule has 1 heterocycles. The second-order valence-electron chi connectivity index (χ2n) is 5.90. The Morgan fingerprint density at radius 3 is 2.46 bits per heavy atom. The van der Waals surface area contributed by atoms with Gasteiger partial charge in [-0.05, 0) is 42.0 Å². The van der Waals surface area contributed by atoms with Crippen molar-refractivity contribution in [2.45, 2.75) is 6.54 Å². The van der Waals surface area contributed by atoms with Crippen LogP contribution in [-0.2, 0) is 11.3 Å². The number of benzene rings is 2. The summed E-state index contributed by atoms with van der Waals surface area (Å²) in [7, 11) is 1.33. The number of para-hydroxylation sites is 1. The first kappa shape index (κ1) is 19.4. The quantitative estimate of drug-likeness (QED) is 0.611. The van der Waals surface area contributed by atoms with Crippen LogP contribution in [0.25, 0.3) is 0 Å². The van der Waals surface area contributed by atoms with E-state index in [0.717, 1.165) is 5.56 Å². The lowest BCUT2D eigenvalue weighted by atomic mass is 10.1. The van der Waals surface area contributed by atoms with Gasteiger partial charge in [0, 0.05) is 11.6 Å². The highest BCUT2D eigenvalue weighted by atomic mass is 35.5. The molecule has 1 aromatic heterocycles. The third kappa shape index (κ3) is 4.86. The summed E-state index contributed by atoms with van der Waals surface area (Å²) in [5.41, 5.74) is 2.88. The zero-order valence-corrected chi connectivity index (χ0v) is 15.9.